The maximum atomic E-state index is 6.47. The Labute approximate surface area is 137 Å². The van der Waals surface area contributed by atoms with E-state index < -0.39 is 0 Å². The Hall–Kier alpha value is -0.980. The Morgan fingerprint density at radius 1 is 1.00 bits per heavy atom. The molecular formula is C17H28N4O2. The topological polar surface area (TPSA) is 77.4 Å². The van der Waals surface area contributed by atoms with Gasteiger partial charge >= 0.3 is 0 Å². The molecule has 3 aliphatic rings. The van der Waals surface area contributed by atoms with E-state index in [1.165, 1.54) is 25.7 Å². The van der Waals surface area contributed by atoms with Crippen LogP contribution in [0.25, 0.3) is 0 Å². The van der Waals surface area contributed by atoms with Gasteiger partial charge in [-0.1, -0.05) is 30.8 Å². The zero-order valence-corrected chi connectivity index (χ0v) is 13.9. The van der Waals surface area contributed by atoms with E-state index in [0.29, 0.717) is 0 Å². The highest BCUT2D eigenvalue weighted by Crippen LogP contribution is 2.39. The lowest BCUT2D eigenvalue weighted by molar-refractivity contribution is -0.0232. The van der Waals surface area contributed by atoms with Crippen molar-refractivity contribution in [3.63, 3.8) is 0 Å². The zero-order chi connectivity index (χ0) is 15.8. The minimum absolute atomic E-state index is 0.186. The monoisotopic (exact) mass is 320 g/mol. The van der Waals surface area contributed by atoms with Gasteiger partial charge in [0.15, 0.2) is 5.82 Å². The van der Waals surface area contributed by atoms with Crippen LogP contribution in [-0.2, 0) is 16.7 Å². The van der Waals surface area contributed by atoms with E-state index in [4.69, 9.17) is 20.0 Å². The molecule has 0 amide bonds. The molecule has 23 heavy (non-hydrogen) atoms. The molecule has 4 rings (SSSR count). The standard InChI is InChI=1S/C17H28N4O2/c18-17(7-3-4-8-17)15-19-14(23-20-15)13-16(5-1-2-6-16)21-9-11-22-12-10-21/h1-13,18H2. The van der Waals surface area contributed by atoms with Gasteiger partial charge in [0, 0.05) is 25.0 Å². The van der Waals surface area contributed by atoms with Crippen molar-refractivity contribution in [3.05, 3.63) is 11.7 Å². The molecule has 1 aromatic heterocycles. The van der Waals surface area contributed by atoms with Crippen molar-refractivity contribution in [2.45, 2.75) is 68.9 Å². The average Bonchev–Trinajstić information content (AvgIpc) is 3.31. The first kappa shape index (κ1) is 15.5. The SMILES string of the molecule is NC1(c2noc(CC3(N4CCOCC4)CCCC3)n2)CCCC1. The first-order chi connectivity index (χ1) is 11.2. The summed E-state index contributed by atoms with van der Waals surface area (Å²) in [6.45, 7) is 3.70. The molecule has 2 aliphatic carbocycles. The third kappa shape index (κ3) is 2.92. The third-order valence-corrected chi connectivity index (χ3v) is 6.11. The Bertz CT molecular complexity index is 526. The molecule has 1 aliphatic heterocycles. The lowest BCUT2D eigenvalue weighted by atomic mass is 9.90. The minimum Gasteiger partial charge on any atom is -0.379 e. The fraction of sp³-hybridized carbons (Fsp3) is 0.882. The second-order valence-corrected chi connectivity index (χ2v) is 7.58. The zero-order valence-electron chi connectivity index (χ0n) is 13.9. The number of morpholine rings is 1. The summed E-state index contributed by atoms with van der Waals surface area (Å²) in [5.74, 6) is 1.49. The Balaban J connectivity index is 1.52. The number of aromatic nitrogens is 2. The van der Waals surface area contributed by atoms with Crippen LogP contribution < -0.4 is 5.73 Å². The normalized spacial score (nSPS) is 27.5. The molecule has 0 atom stereocenters. The first-order valence-electron chi connectivity index (χ1n) is 9.15. The lowest BCUT2D eigenvalue weighted by Crippen LogP contribution is -2.53. The second kappa shape index (κ2) is 6.15. The quantitative estimate of drug-likeness (QED) is 0.914. The van der Waals surface area contributed by atoms with Gasteiger partial charge in [-0.05, 0) is 25.7 Å². The van der Waals surface area contributed by atoms with Crippen LogP contribution in [0.5, 0.6) is 0 Å². The molecule has 0 radical (unpaired) electrons. The van der Waals surface area contributed by atoms with Crippen LogP contribution in [0.1, 0.15) is 63.1 Å². The lowest BCUT2D eigenvalue weighted by Gasteiger charge is -2.42. The highest BCUT2D eigenvalue weighted by molar-refractivity contribution is 5.09. The van der Waals surface area contributed by atoms with Crippen LogP contribution in [0.15, 0.2) is 4.52 Å². The van der Waals surface area contributed by atoms with E-state index in [0.717, 1.165) is 70.1 Å². The molecule has 0 bridgehead atoms. The number of hydrogen-bond donors (Lipinski definition) is 1. The Morgan fingerprint density at radius 2 is 1.65 bits per heavy atom. The van der Waals surface area contributed by atoms with Crippen LogP contribution in [0, 0.1) is 0 Å². The summed E-state index contributed by atoms with van der Waals surface area (Å²) in [6, 6.07) is 0. The summed E-state index contributed by atoms with van der Waals surface area (Å²) >= 11 is 0. The van der Waals surface area contributed by atoms with E-state index in [1.807, 2.05) is 0 Å². The number of rotatable bonds is 4. The predicted molar refractivity (Wildman–Crippen MR) is 85.9 cm³/mol. The summed E-state index contributed by atoms with van der Waals surface area (Å²) in [5, 5.41) is 4.23. The highest BCUT2D eigenvalue weighted by Gasteiger charge is 2.42. The molecule has 1 saturated heterocycles. The fourth-order valence-electron chi connectivity index (χ4n) is 4.72. The first-order valence-corrected chi connectivity index (χ1v) is 9.15. The van der Waals surface area contributed by atoms with Crippen molar-refractivity contribution in [3.8, 4) is 0 Å². The molecule has 2 saturated carbocycles. The molecule has 6 heteroatoms. The summed E-state index contributed by atoms with van der Waals surface area (Å²) in [4.78, 5) is 7.31. The maximum Gasteiger partial charge on any atom is 0.228 e. The van der Waals surface area contributed by atoms with E-state index >= 15 is 0 Å². The summed E-state index contributed by atoms with van der Waals surface area (Å²) in [6.07, 6.45) is 10.2. The number of nitrogens with zero attached hydrogens (tertiary/aromatic N) is 3. The molecule has 1 aromatic rings. The van der Waals surface area contributed by atoms with Gasteiger partial charge in [-0.3, -0.25) is 4.90 Å². The van der Waals surface area contributed by atoms with Gasteiger partial charge in [0.2, 0.25) is 5.89 Å². The molecule has 128 valence electrons. The van der Waals surface area contributed by atoms with Gasteiger partial charge in [0.25, 0.3) is 0 Å². The van der Waals surface area contributed by atoms with Gasteiger partial charge < -0.3 is 15.0 Å². The molecule has 2 N–H and O–H groups in total. The van der Waals surface area contributed by atoms with Gasteiger partial charge in [-0.25, -0.2) is 0 Å². The van der Waals surface area contributed by atoms with Crippen molar-refractivity contribution in [1.29, 1.82) is 0 Å². The van der Waals surface area contributed by atoms with Gasteiger partial charge in [0.05, 0.1) is 18.8 Å². The molecule has 0 unspecified atom stereocenters. The Kier molecular flexibility index (Phi) is 4.15. The van der Waals surface area contributed by atoms with E-state index in [2.05, 4.69) is 10.1 Å². The van der Waals surface area contributed by atoms with Crippen LogP contribution in [-0.4, -0.2) is 46.9 Å². The Morgan fingerprint density at radius 3 is 2.35 bits per heavy atom. The van der Waals surface area contributed by atoms with Crippen LogP contribution in [0.2, 0.25) is 0 Å². The smallest absolute Gasteiger partial charge is 0.228 e. The van der Waals surface area contributed by atoms with E-state index in [1.54, 1.807) is 0 Å². The molecular weight excluding hydrogens is 292 g/mol. The molecule has 6 nitrogen and oxygen atoms in total. The van der Waals surface area contributed by atoms with Crippen molar-refractivity contribution in [2.75, 3.05) is 26.3 Å². The van der Waals surface area contributed by atoms with Crippen LogP contribution in [0.4, 0.5) is 0 Å². The van der Waals surface area contributed by atoms with Crippen LogP contribution in [0.3, 0.4) is 0 Å². The molecule has 0 aromatic carbocycles. The molecule has 0 spiro atoms. The van der Waals surface area contributed by atoms with Crippen molar-refractivity contribution < 1.29 is 9.26 Å². The van der Waals surface area contributed by atoms with Gasteiger partial charge in [-0.15, -0.1) is 0 Å². The molecule has 2 heterocycles. The number of nitrogens with two attached hydrogens (primary N) is 1. The van der Waals surface area contributed by atoms with Crippen LogP contribution >= 0.6 is 0 Å². The second-order valence-electron chi connectivity index (χ2n) is 7.58. The van der Waals surface area contributed by atoms with Gasteiger partial charge in [0.1, 0.15) is 0 Å². The summed E-state index contributed by atoms with van der Waals surface area (Å²) in [7, 11) is 0. The summed E-state index contributed by atoms with van der Waals surface area (Å²) in [5.41, 5.74) is 6.29. The maximum absolute atomic E-state index is 6.47. The average molecular weight is 320 g/mol. The number of ether oxygens (including phenoxy) is 1. The predicted octanol–water partition coefficient (Wildman–Crippen LogP) is 1.99. The van der Waals surface area contributed by atoms with Gasteiger partial charge in [-0.2, -0.15) is 4.98 Å². The van der Waals surface area contributed by atoms with E-state index in [9.17, 15) is 0 Å². The van der Waals surface area contributed by atoms with Crippen molar-refractivity contribution >= 4 is 0 Å². The number of hydrogen-bond acceptors (Lipinski definition) is 6. The molecule has 3 fully saturated rings. The van der Waals surface area contributed by atoms with E-state index in [-0.39, 0.29) is 11.1 Å². The highest BCUT2D eigenvalue weighted by atomic mass is 16.5. The largest absolute Gasteiger partial charge is 0.379 e. The third-order valence-electron chi connectivity index (χ3n) is 6.11. The van der Waals surface area contributed by atoms with Crippen molar-refractivity contribution in [2.24, 2.45) is 5.73 Å². The minimum atomic E-state index is -0.358. The van der Waals surface area contributed by atoms with Crippen molar-refractivity contribution in [1.82, 2.24) is 15.0 Å². The fourth-order valence-corrected chi connectivity index (χ4v) is 4.72. The summed E-state index contributed by atoms with van der Waals surface area (Å²) < 4.78 is 11.2.